The maximum absolute atomic E-state index is 11.9. The highest BCUT2D eigenvalue weighted by Crippen LogP contribution is 2.52. The molecule has 1 aromatic heterocycles. The lowest BCUT2D eigenvalue weighted by Gasteiger charge is -2.30. The van der Waals surface area contributed by atoms with Gasteiger partial charge in [0.2, 0.25) is 0 Å². The third-order valence-electron chi connectivity index (χ3n) is 3.72. The maximum atomic E-state index is 11.9. The summed E-state index contributed by atoms with van der Waals surface area (Å²) < 4.78 is 28.3. The van der Waals surface area contributed by atoms with E-state index in [1.165, 1.54) is 13.1 Å². The van der Waals surface area contributed by atoms with Crippen molar-refractivity contribution in [1.82, 2.24) is 9.55 Å². The van der Waals surface area contributed by atoms with Crippen LogP contribution in [0.25, 0.3) is 0 Å². The van der Waals surface area contributed by atoms with Crippen molar-refractivity contribution in [3.8, 4) is 0 Å². The smallest absolute Gasteiger partial charge is 0.382 e. The lowest BCUT2D eigenvalue weighted by molar-refractivity contribution is -0.125. The molecule has 21 heavy (non-hydrogen) atoms. The number of aromatic amines is 1. The van der Waals surface area contributed by atoms with Crippen molar-refractivity contribution in [2.75, 3.05) is 6.61 Å². The standard InChI is InChI=1S/C11H13N2O7P/c1-10-5-18-21(17)20-7(10)11(2,16)8(19-10)13-4-3-6(14)12-9(13)15/h3-4,7-8,16H,5H2,1-2H3/p+1/t7-,8-,10-,11-/m1/s1. The number of nitrogens with one attached hydrogen (secondary N) is 1. The average molecular weight is 317 g/mol. The molecule has 1 unspecified atom stereocenters. The van der Waals surface area contributed by atoms with Crippen LogP contribution in [0.2, 0.25) is 0 Å². The molecule has 0 bridgehead atoms. The number of ether oxygens (including phenoxy) is 1. The van der Waals surface area contributed by atoms with Crippen molar-refractivity contribution in [2.45, 2.75) is 37.4 Å². The van der Waals surface area contributed by atoms with Crippen molar-refractivity contribution in [2.24, 2.45) is 0 Å². The molecule has 0 radical (unpaired) electrons. The van der Waals surface area contributed by atoms with E-state index in [9.17, 15) is 19.3 Å². The van der Waals surface area contributed by atoms with Gasteiger partial charge in [0.1, 0.15) is 17.8 Å². The van der Waals surface area contributed by atoms with Gasteiger partial charge in [-0.1, -0.05) is 0 Å². The average Bonchev–Trinajstić information content (AvgIpc) is 2.59. The van der Waals surface area contributed by atoms with Crippen LogP contribution in [0.5, 0.6) is 0 Å². The first-order valence-electron chi connectivity index (χ1n) is 6.23. The van der Waals surface area contributed by atoms with Crippen LogP contribution in [0.1, 0.15) is 20.1 Å². The van der Waals surface area contributed by atoms with E-state index in [1.54, 1.807) is 6.92 Å². The fraction of sp³-hybridized carbons (Fsp3) is 0.636. The van der Waals surface area contributed by atoms with Crippen molar-refractivity contribution >= 4 is 8.25 Å². The van der Waals surface area contributed by atoms with Gasteiger partial charge in [-0.15, -0.1) is 9.05 Å². The van der Waals surface area contributed by atoms with E-state index in [0.717, 1.165) is 10.6 Å². The first-order chi connectivity index (χ1) is 9.74. The predicted octanol–water partition coefficient (Wildman–Crippen LogP) is -0.352. The third kappa shape index (κ3) is 2.18. The van der Waals surface area contributed by atoms with Gasteiger partial charge in [0.15, 0.2) is 12.3 Å². The number of aromatic nitrogens is 2. The minimum absolute atomic E-state index is 0.0440. The second-order valence-corrected chi connectivity index (χ2v) is 6.42. The van der Waals surface area contributed by atoms with E-state index in [2.05, 4.69) is 4.98 Å². The van der Waals surface area contributed by atoms with Gasteiger partial charge in [0, 0.05) is 16.8 Å². The third-order valence-corrected chi connectivity index (χ3v) is 4.44. The van der Waals surface area contributed by atoms with Crippen molar-refractivity contribution in [3.05, 3.63) is 33.1 Å². The van der Waals surface area contributed by atoms with Crippen molar-refractivity contribution in [3.63, 3.8) is 0 Å². The summed E-state index contributed by atoms with van der Waals surface area (Å²) in [5.41, 5.74) is -3.97. The monoisotopic (exact) mass is 317 g/mol. The molecule has 0 saturated carbocycles. The molecule has 2 fully saturated rings. The Balaban J connectivity index is 2.07. The van der Waals surface area contributed by atoms with Crippen LogP contribution in [-0.4, -0.2) is 38.6 Å². The zero-order valence-electron chi connectivity index (χ0n) is 11.3. The summed E-state index contributed by atoms with van der Waals surface area (Å²) in [7, 11) is -2.35. The summed E-state index contributed by atoms with van der Waals surface area (Å²) in [6.07, 6.45) is -0.824. The molecule has 2 aliphatic rings. The summed E-state index contributed by atoms with van der Waals surface area (Å²) in [5.74, 6) is 0. The van der Waals surface area contributed by atoms with Crippen LogP contribution >= 0.6 is 8.25 Å². The van der Waals surface area contributed by atoms with Gasteiger partial charge < -0.3 is 9.84 Å². The quantitative estimate of drug-likeness (QED) is 0.679. The largest absolute Gasteiger partial charge is 0.698 e. The highest BCUT2D eigenvalue weighted by atomic mass is 31.1. The number of H-pyrrole nitrogens is 1. The van der Waals surface area contributed by atoms with E-state index in [0.29, 0.717) is 0 Å². The Hall–Kier alpha value is -1.38. The number of hydrogen-bond acceptors (Lipinski definition) is 7. The fourth-order valence-electron chi connectivity index (χ4n) is 2.76. The van der Waals surface area contributed by atoms with E-state index >= 15 is 0 Å². The highest BCUT2D eigenvalue weighted by molar-refractivity contribution is 7.33. The predicted molar refractivity (Wildman–Crippen MR) is 68.9 cm³/mol. The molecule has 0 spiro atoms. The van der Waals surface area contributed by atoms with Crippen LogP contribution in [0.4, 0.5) is 0 Å². The van der Waals surface area contributed by atoms with Crippen LogP contribution in [0.3, 0.4) is 0 Å². The zero-order chi connectivity index (χ0) is 15.4. The minimum atomic E-state index is -2.35. The Morgan fingerprint density at radius 2 is 2.19 bits per heavy atom. The molecule has 3 rings (SSSR count). The molecular formula is C11H14N2O7P+. The molecule has 114 valence electrons. The van der Waals surface area contributed by atoms with E-state index in [4.69, 9.17) is 13.8 Å². The van der Waals surface area contributed by atoms with Gasteiger partial charge in [0.25, 0.3) is 5.56 Å². The number of hydrogen-bond donors (Lipinski definition) is 2. The number of nitrogens with zero attached hydrogens (tertiary/aromatic N) is 1. The Morgan fingerprint density at radius 1 is 1.48 bits per heavy atom. The first kappa shape index (κ1) is 14.6. The molecule has 0 amide bonds. The minimum Gasteiger partial charge on any atom is -0.382 e. The SMILES string of the molecule is C[C@]1(O)[C@H](n2ccc(=O)[nH]c2=O)O[C@]2(C)CO[P+](=O)O[C@@H]12. The van der Waals surface area contributed by atoms with Crippen LogP contribution in [-0.2, 0) is 18.3 Å². The van der Waals surface area contributed by atoms with Crippen LogP contribution < -0.4 is 11.2 Å². The van der Waals surface area contributed by atoms with E-state index < -0.39 is 43.0 Å². The molecule has 0 aromatic carbocycles. The van der Waals surface area contributed by atoms with Crippen LogP contribution in [0.15, 0.2) is 21.9 Å². The van der Waals surface area contributed by atoms with Gasteiger partial charge in [0.05, 0.1) is 0 Å². The summed E-state index contributed by atoms with van der Waals surface area (Å²) >= 11 is 0. The second-order valence-electron chi connectivity index (χ2n) is 5.51. The van der Waals surface area contributed by atoms with Gasteiger partial charge >= 0.3 is 13.9 Å². The topological polar surface area (TPSA) is 120 Å². The van der Waals surface area contributed by atoms with Crippen molar-refractivity contribution in [1.29, 1.82) is 0 Å². The molecule has 1 aromatic rings. The molecule has 2 aliphatic heterocycles. The Labute approximate surface area is 119 Å². The Kier molecular flexibility index (Phi) is 3.16. The highest BCUT2D eigenvalue weighted by Gasteiger charge is 2.67. The molecule has 5 atom stereocenters. The lowest BCUT2D eigenvalue weighted by atomic mass is 9.89. The number of rotatable bonds is 1. The summed E-state index contributed by atoms with van der Waals surface area (Å²) in [5, 5.41) is 10.7. The summed E-state index contributed by atoms with van der Waals surface area (Å²) in [6, 6.07) is 1.14. The van der Waals surface area contributed by atoms with Gasteiger partial charge in [-0.25, -0.2) is 4.79 Å². The van der Waals surface area contributed by atoms with Gasteiger partial charge in [-0.2, -0.15) is 0 Å². The molecular weight excluding hydrogens is 303 g/mol. The normalized spacial score (nSPS) is 41.0. The van der Waals surface area contributed by atoms with E-state index in [-0.39, 0.29) is 6.61 Å². The fourth-order valence-corrected chi connectivity index (χ4v) is 3.79. The van der Waals surface area contributed by atoms with Gasteiger partial charge in [-0.05, 0) is 13.8 Å². The molecule has 0 aliphatic carbocycles. The number of fused-ring (bicyclic) bond motifs is 1. The molecule has 2 saturated heterocycles. The second kappa shape index (κ2) is 4.56. The molecule has 9 nitrogen and oxygen atoms in total. The number of aliphatic hydroxyl groups is 1. The van der Waals surface area contributed by atoms with E-state index in [1.807, 2.05) is 0 Å². The van der Waals surface area contributed by atoms with Crippen molar-refractivity contribution < 1.29 is 23.5 Å². The molecule has 2 N–H and O–H groups in total. The Bertz CT molecular complexity index is 711. The molecule has 10 heteroatoms. The Morgan fingerprint density at radius 3 is 2.86 bits per heavy atom. The summed E-state index contributed by atoms with van der Waals surface area (Å²) in [4.78, 5) is 25.1. The van der Waals surface area contributed by atoms with Gasteiger partial charge in [-0.3, -0.25) is 14.3 Å². The maximum Gasteiger partial charge on any atom is 0.698 e. The lowest BCUT2D eigenvalue weighted by Crippen LogP contribution is -2.52. The first-order valence-corrected chi connectivity index (χ1v) is 7.32. The zero-order valence-corrected chi connectivity index (χ0v) is 12.2. The summed E-state index contributed by atoms with van der Waals surface area (Å²) in [6.45, 7) is 3.00. The van der Waals surface area contributed by atoms with Crippen LogP contribution in [0, 0.1) is 0 Å². The molecule has 3 heterocycles.